The molecule has 0 unspecified atom stereocenters. The molecule has 1 aromatic rings. The SMILES string of the molecule is C[I-]c1cc(C)c(NS(C)(=O)=O)cc1N. The second-order valence-corrected chi connectivity index (χ2v) is 7.24. The summed E-state index contributed by atoms with van der Waals surface area (Å²) < 4.78 is 25.7. The second kappa shape index (κ2) is 4.56. The zero-order valence-electron chi connectivity index (χ0n) is 8.83. The fourth-order valence-electron chi connectivity index (χ4n) is 1.16. The summed E-state index contributed by atoms with van der Waals surface area (Å²) in [7, 11) is -3.23. The van der Waals surface area contributed by atoms with Gasteiger partial charge in [-0.25, -0.2) is 0 Å². The topological polar surface area (TPSA) is 72.2 Å². The fourth-order valence-corrected chi connectivity index (χ4v) is 3.34. The molecule has 1 rings (SSSR count). The zero-order valence-corrected chi connectivity index (χ0v) is 11.8. The summed E-state index contributed by atoms with van der Waals surface area (Å²) in [5, 5.41) is 0. The standard InChI is InChI=1S/C9H14IN2O2S/c1-6-4-7(10-2)8(11)5-9(6)12-15(3,13)14/h4-5,12H,11H2,1-3H3/q-1. The Balaban J connectivity index is 3.17. The molecule has 4 nitrogen and oxygen atoms in total. The first kappa shape index (κ1) is 12.6. The van der Waals surface area contributed by atoms with Gasteiger partial charge in [0.2, 0.25) is 0 Å². The van der Waals surface area contributed by atoms with Crippen LogP contribution in [0.5, 0.6) is 0 Å². The molecule has 0 amide bonds. The van der Waals surface area contributed by atoms with Crippen molar-refractivity contribution in [3.63, 3.8) is 0 Å². The van der Waals surface area contributed by atoms with Gasteiger partial charge in [-0.15, -0.1) is 0 Å². The molecule has 0 saturated carbocycles. The Morgan fingerprint density at radius 3 is 2.47 bits per heavy atom. The third-order valence-corrected chi connectivity index (χ3v) is 4.53. The molecule has 0 bridgehead atoms. The first-order valence-electron chi connectivity index (χ1n) is 4.21. The van der Waals surface area contributed by atoms with Crippen molar-refractivity contribution in [3.8, 4) is 0 Å². The summed E-state index contributed by atoms with van der Waals surface area (Å²) in [5.74, 6) is 0. The van der Waals surface area contributed by atoms with Gasteiger partial charge < -0.3 is 0 Å². The fraction of sp³-hybridized carbons (Fsp3) is 0.333. The second-order valence-electron chi connectivity index (χ2n) is 3.25. The van der Waals surface area contributed by atoms with Gasteiger partial charge in [-0.05, 0) is 0 Å². The third kappa shape index (κ3) is 3.53. The minimum atomic E-state index is -3.23. The molecule has 0 spiro atoms. The van der Waals surface area contributed by atoms with Gasteiger partial charge in [0.25, 0.3) is 0 Å². The number of nitrogens with one attached hydrogen (secondary N) is 1. The summed E-state index contributed by atoms with van der Waals surface area (Å²) in [5.41, 5.74) is 7.96. The molecule has 6 heteroatoms. The average Bonchev–Trinajstić information content (AvgIpc) is 2.08. The van der Waals surface area contributed by atoms with Gasteiger partial charge in [0.05, 0.1) is 0 Å². The molecule has 0 aromatic heterocycles. The zero-order chi connectivity index (χ0) is 11.6. The number of nitrogen functional groups attached to an aromatic ring is 1. The van der Waals surface area contributed by atoms with Crippen LogP contribution >= 0.6 is 0 Å². The molecule has 3 N–H and O–H groups in total. The van der Waals surface area contributed by atoms with Crippen LogP contribution in [0.15, 0.2) is 12.1 Å². The van der Waals surface area contributed by atoms with Crippen LogP contribution < -0.4 is 31.7 Å². The molecule has 1 aromatic carbocycles. The summed E-state index contributed by atoms with van der Waals surface area (Å²) in [4.78, 5) is 2.12. The van der Waals surface area contributed by atoms with E-state index in [0.717, 1.165) is 15.4 Å². The number of hydrogen-bond acceptors (Lipinski definition) is 3. The van der Waals surface area contributed by atoms with Crippen LogP contribution in [0.2, 0.25) is 0 Å². The van der Waals surface area contributed by atoms with Crippen molar-refractivity contribution in [2.75, 3.05) is 21.6 Å². The molecule has 0 aliphatic heterocycles. The van der Waals surface area contributed by atoms with Crippen LogP contribution in [0.25, 0.3) is 0 Å². The third-order valence-electron chi connectivity index (χ3n) is 1.84. The Morgan fingerprint density at radius 1 is 1.40 bits per heavy atom. The molecule has 0 fully saturated rings. The van der Waals surface area contributed by atoms with Gasteiger partial charge in [-0.1, -0.05) is 0 Å². The van der Waals surface area contributed by atoms with Gasteiger partial charge >= 0.3 is 101 Å². The Bertz CT molecular complexity index is 471. The molecule has 0 aliphatic rings. The number of halogens is 1. The number of rotatable bonds is 3. The molecule has 0 atom stereocenters. The summed E-state index contributed by atoms with van der Waals surface area (Å²) >= 11 is -0.0782. The van der Waals surface area contributed by atoms with E-state index < -0.39 is 10.0 Å². The van der Waals surface area contributed by atoms with Crippen LogP contribution in [-0.4, -0.2) is 19.6 Å². The first-order valence-corrected chi connectivity index (χ1v) is 9.33. The molecule has 0 heterocycles. The molecule has 0 radical (unpaired) electrons. The Labute approximate surface area is 101 Å². The summed E-state index contributed by atoms with van der Waals surface area (Å²) in [6.07, 6.45) is 1.13. The Kier molecular flexibility index (Phi) is 3.82. The monoisotopic (exact) mass is 341 g/mol. The normalized spacial score (nSPS) is 11.7. The maximum atomic E-state index is 11.1. The number of hydrogen-bond donors (Lipinski definition) is 2. The van der Waals surface area contributed by atoms with E-state index in [1.54, 1.807) is 6.07 Å². The van der Waals surface area contributed by atoms with Crippen molar-refractivity contribution in [3.05, 3.63) is 21.3 Å². The molecule has 86 valence electrons. The van der Waals surface area contributed by atoms with Gasteiger partial charge in [-0.2, -0.15) is 0 Å². The minimum absolute atomic E-state index is 0.0782. The average molecular weight is 341 g/mol. The number of anilines is 2. The number of benzene rings is 1. The van der Waals surface area contributed by atoms with E-state index in [9.17, 15) is 8.42 Å². The van der Waals surface area contributed by atoms with E-state index in [4.69, 9.17) is 5.73 Å². The van der Waals surface area contributed by atoms with Crippen molar-refractivity contribution in [1.29, 1.82) is 0 Å². The van der Waals surface area contributed by atoms with Gasteiger partial charge in [-0.3, -0.25) is 0 Å². The molecule has 0 saturated heterocycles. The summed E-state index contributed by atoms with van der Waals surface area (Å²) in [6.45, 7) is 1.87. The number of alkyl halides is 1. The Hall–Kier alpha value is -0.500. The van der Waals surface area contributed by atoms with Crippen LogP contribution in [-0.2, 0) is 10.0 Å². The van der Waals surface area contributed by atoms with E-state index in [1.165, 1.54) is 0 Å². The van der Waals surface area contributed by atoms with Crippen molar-refractivity contribution >= 4 is 21.4 Å². The van der Waals surface area contributed by atoms with Crippen LogP contribution in [0.1, 0.15) is 5.56 Å². The molecular formula is C9H14IN2O2S-. The molecular weight excluding hydrogens is 327 g/mol. The van der Waals surface area contributed by atoms with Crippen LogP contribution in [0, 0.1) is 10.5 Å². The quantitative estimate of drug-likeness (QED) is 0.374. The maximum absolute atomic E-state index is 11.1. The number of sulfonamides is 1. The van der Waals surface area contributed by atoms with Crippen molar-refractivity contribution in [2.45, 2.75) is 6.92 Å². The summed E-state index contributed by atoms with van der Waals surface area (Å²) in [6, 6.07) is 3.64. The van der Waals surface area contributed by atoms with Crippen LogP contribution in [0.3, 0.4) is 0 Å². The van der Waals surface area contributed by atoms with Gasteiger partial charge in [0.15, 0.2) is 0 Å². The van der Waals surface area contributed by atoms with Crippen molar-refractivity contribution in [1.82, 2.24) is 0 Å². The number of aryl methyl sites for hydroxylation is 1. The Morgan fingerprint density at radius 2 is 2.00 bits per heavy atom. The molecule has 0 aliphatic carbocycles. The van der Waals surface area contributed by atoms with Gasteiger partial charge in [0, 0.05) is 0 Å². The van der Waals surface area contributed by atoms with E-state index in [-0.39, 0.29) is 21.2 Å². The van der Waals surface area contributed by atoms with E-state index >= 15 is 0 Å². The van der Waals surface area contributed by atoms with E-state index in [0.29, 0.717) is 11.4 Å². The first-order chi connectivity index (χ1) is 6.83. The molecule has 15 heavy (non-hydrogen) atoms. The predicted octanol–water partition coefficient (Wildman–Crippen LogP) is -2.16. The van der Waals surface area contributed by atoms with Crippen molar-refractivity contribution < 1.29 is 29.6 Å². The van der Waals surface area contributed by atoms with Crippen LogP contribution in [0.4, 0.5) is 11.4 Å². The van der Waals surface area contributed by atoms with Gasteiger partial charge in [0.1, 0.15) is 0 Å². The predicted molar refractivity (Wildman–Crippen MR) is 58.7 cm³/mol. The van der Waals surface area contributed by atoms with E-state index in [2.05, 4.69) is 9.65 Å². The van der Waals surface area contributed by atoms with E-state index in [1.807, 2.05) is 13.0 Å². The number of nitrogens with two attached hydrogens (primary N) is 1. The van der Waals surface area contributed by atoms with Crippen molar-refractivity contribution in [2.24, 2.45) is 0 Å².